The summed E-state index contributed by atoms with van der Waals surface area (Å²) in [6, 6.07) is 19.6. The maximum atomic E-state index is 13.0. The second-order valence-electron chi connectivity index (χ2n) is 8.95. The van der Waals surface area contributed by atoms with Crippen molar-refractivity contribution in [1.29, 1.82) is 0 Å². The van der Waals surface area contributed by atoms with E-state index in [9.17, 15) is 18.8 Å². The third kappa shape index (κ3) is 7.00. The van der Waals surface area contributed by atoms with Crippen LogP contribution in [-0.2, 0) is 16.8 Å². The zero-order chi connectivity index (χ0) is 24.7. The first-order valence-corrected chi connectivity index (χ1v) is 10.9. The molecule has 0 saturated heterocycles. The van der Waals surface area contributed by atoms with Crippen molar-refractivity contribution < 1.29 is 18.8 Å². The molecule has 0 unspecified atom stereocenters. The van der Waals surface area contributed by atoms with Crippen LogP contribution in [-0.4, -0.2) is 24.3 Å². The van der Waals surface area contributed by atoms with Crippen molar-refractivity contribution in [2.45, 2.75) is 32.7 Å². The molecular weight excluding hydrogens is 433 g/mol. The summed E-state index contributed by atoms with van der Waals surface area (Å²) in [5, 5.41) is 8.11. The van der Waals surface area contributed by atoms with Crippen molar-refractivity contribution in [3.63, 3.8) is 0 Å². The summed E-state index contributed by atoms with van der Waals surface area (Å²) < 4.78 is 13.0. The van der Waals surface area contributed by atoms with Gasteiger partial charge in [0.1, 0.15) is 5.82 Å². The fourth-order valence-electron chi connectivity index (χ4n) is 3.21. The molecule has 3 N–H and O–H groups in total. The predicted octanol–water partition coefficient (Wildman–Crippen LogP) is 4.42. The summed E-state index contributed by atoms with van der Waals surface area (Å²) in [5.41, 5.74) is 3.27. The molecule has 0 fully saturated rings. The summed E-state index contributed by atoms with van der Waals surface area (Å²) in [5.74, 6) is -1.43. The standard InChI is InChI=1S/C27H28FN3O3/c1-27(2,3)21-11-7-19(8-12-21)25(33)30-17-24(32)29-16-18-5-4-6-23(15-18)31-26(34)20-9-13-22(28)14-10-20/h4-15H,16-17H2,1-3H3,(H,29,32)(H,30,33)(H,31,34). The molecule has 0 heterocycles. The molecule has 0 saturated carbocycles. The number of amides is 3. The minimum atomic E-state index is -0.413. The molecule has 7 heteroatoms. The molecule has 34 heavy (non-hydrogen) atoms. The Kier molecular flexibility index (Phi) is 7.79. The molecule has 3 aromatic rings. The summed E-state index contributed by atoms with van der Waals surface area (Å²) in [6.07, 6.45) is 0. The van der Waals surface area contributed by atoms with E-state index in [0.717, 1.165) is 11.1 Å². The van der Waals surface area contributed by atoms with E-state index in [1.165, 1.54) is 24.3 Å². The van der Waals surface area contributed by atoms with Gasteiger partial charge in [-0.3, -0.25) is 14.4 Å². The molecule has 0 radical (unpaired) electrons. The van der Waals surface area contributed by atoms with E-state index >= 15 is 0 Å². The fourth-order valence-corrected chi connectivity index (χ4v) is 3.21. The summed E-state index contributed by atoms with van der Waals surface area (Å²) in [4.78, 5) is 36.8. The number of nitrogens with one attached hydrogen (secondary N) is 3. The highest BCUT2D eigenvalue weighted by Gasteiger charge is 2.15. The minimum absolute atomic E-state index is 0.00401. The number of carbonyl (C=O) groups excluding carboxylic acids is 3. The van der Waals surface area contributed by atoms with Crippen LogP contribution in [0.4, 0.5) is 10.1 Å². The number of benzene rings is 3. The van der Waals surface area contributed by atoms with Crippen LogP contribution in [0.15, 0.2) is 72.8 Å². The van der Waals surface area contributed by atoms with Crippen molar-refractivity contribution in [3.8, 4) is 0 Å². The summed E-state index contributed by atoms with van der Waals surface area (Å²) in [6.45, 7) is 6.38. The van der Waals surface area contributed by atoms with E-state index in [4.69, 9.17) is 0 Å². The monoisotopic (exact) mass is 461 g/mol. The first-order valence-electron chi connectivity index (χ1n) is 10.9. The van der Waals surface area contributed by atoms with Gasteiger partial charge in [-0.05, 0) is 65.1 Å². The molecule has 3 amide bonds. The van der Waals surface area contributed by atoms with E-state index in [0.29, 0.717) is 16.8 Å². The highest BCUT2D eigenvalue weighted by atomic mass is 19.1. The number of anilines is 1. The largest absolute Gasteiger partial charge is 0.350 e. The fraction of sp³-hybridized carbons (Fsp3) is 0.222. The Morgan fingerprint density at radius 2 is 1.41 bits per heavy atom. The van der Waals surface area contributed by atoms with Crippen LogP contribution >= 0.6 is 0 Å². The normalized spacial score (nSPS) is 10.9. The predicted molar refractivity (Wildman–Crippen MR) is 130 cm³/mol. The lowest BCUT2D eigenvalue weighted by Gasteiger charge is -2.19. The average Bonchev–Trinajstić information content (AvgIpc) is 2.81. The van der Waals surface area contributed by atoms with E-state index in [1.54, 1.807) is 30.3 Å². The van der Waals surface area contributed by atoms with Gasteiger partial charge in [0.2, 0.25) is 5.91 Å². The van der Waals surface area contributed by atoms with Crippen LogP contribution in [0.1, 0.15) is 52.6 Å². The Hall–Kier alpha value is -4.00. The quantitative estimate of drug-likeness (QED) is 0.487. The molecule has 176 valence electrons. The van der Waals surface area contributed by atoms with Gasteiger partial charge >= 0.3 is 0 Å². The molecule has 3 rings (SSSR count). The van der Waals surface area contributed by atoms with Crippen LogP contribution in [0.25, 0.3) is 0 Å². The molecular formula is C27H28FN3O3. The first-order chi connectivity index (χ1) is 16.1. The Bertz CT molecular complexity index is 1170. The lowest BCUT2D eigenvalue weighted by Crippen LogP contribution is -2.36. The van der Waals surface area contributed by atoms with Gasteiger partial charge < -0.3 is 16.0 Å². The van der Waals surface area contributed by atoms with Gasteiger partial charge in [-0.15, -0.1) is 0 Å². The number of hydrogen-bond donors (Lipinski definition) is 3. The second kappa shape index (κ2) is 10.7. The van der Waals surface area contributed by atoms with E-state index in [2.05, 4.69) is 36.7 Å². The van der Waals surface area contributed by atoms with Crippen molar-refractivity contribution in [3.05, 3.63) is 101 Å². The van der Waals surface area contributed by atoms with Crippen LogP contribution in [0.3, 0.4) is 0 Å². The number of hydrogen-bond acceptors (Lipinski definition) is 3. The van der Waals surface area contributed by atoms with Gasteiger partial charge in [0.25, 0.3) is 11.8 Å². The maximum Gasteiger partial charge on any atom is 0.255 e. The van der Waals surface area contributed by atoms with Crippen LogP contribution < -0.4 is 16.0 Å². The summed E-state index contributed by atoms with van der Waals surface area (Å²) in [7, 11) is 0. The molecule has 0 aliphatic rings. The lowest BCUT2D eigenvalue weighted by molar-refractivity contribution is -0.120. The minimum Gasteiger partial charge on any atom is -0.350 e. The Morgan fingerprint density at radius 3 is 2.06 bits per heavy atom. The Balaban J connectivity index is 1.48. The van der Waals surface area contributed by atoms with Gasteiger partial charge in [-0.2, -0.15) is 0 Å². The SMILES string of the molecule is CC(C)(C)c1ccc(C(=O)NCC(=O)NCc2cccc(NC(=O)c3ccc(F)cc3)c2)cc1. The van der Waals surface area contributed by atoms with E-state index in [-0.39, 0.29) is 36.2 Å². The topological polar surface area (TPSA) is 87.3 Å². The van der Waals surface area contributed by atoms with Gasteiger partial charge in [0.15, 0.2) is 0 Å². The second-order valence-corrected chi connectivity index (χ2v) is 8.95. The smallest absolute Gasteiger partial charge is 0.255 e. The van der Waals surface area contributed by atoms with Gasteiger partial charge in [0.05, 0.1) is 6.54 Å². The molecule has 0 aliphatic heterocycles. The van der Waals surface area contributed by atoms with Crippen molar-refractivity contribution in [1.82, 2.24) is 10.6 Å². The highest BCUT2D eigenvalue weighted by Crippen LogP contribution is 2.22. The Morgan fingerprint density at radius 1 is 0.794 bits per heavy atom. The molecule has 3 aromatic carbocycles. The van der Waals surface area contributed by atoms with Crippen molar-refractivity contribution in [2.24, 2.45) is 0 Å². The van der Waals surface area contributed by atoms with Crippen LogP contribution in [0.5, 0.6) is 0 Å². The number of rotatable bonds is 7. The lowest BCUT2D eigenvalue weighted by atomic mass is 9.87. The van der Waals surface area contributed by atoms with Crippen LogP contribution in [0, 0.1) is 5.82 Å². The van der Waals surface area contributed by atoms with E-state index in [1.807, 2.05) is 18.2 Å². The Labute approximate surface area is 198 Å². The maximum absolute atomic E-state index is 13.0. The third-order valence-electron chi connectivity index (χ3n) is 5.20. The van der Waals surface area contributed by atoms with Crippen LogP contribution in [0.2, 0.25) is 0 Å². The average molecular weight is 462 g/mol. The molecule has 6 nitrogen and oxygen atoms in total. The van der Waals surface area contributed by atoms with E-state index < -0.39 is 5.82 Å². The van der Waals surface area contributed by atoms with Crippen molar-refractivity contribution in [2.75, 3.05) is 11.9 Å². The van der Waals surface area contributed by atoms with Gasteiger partial charge in [0, 0.05) is 23.4 Å². The molecule has 0 spiro atoms. The van der Waals surface area contributed by atoms with Crippen molar-refractivity contribution >= 4 is 23.4 Å². The molecule has 0 aromatic heterocycles. The first kappa shape index (κ1) is 24.6. The molecule has 0 bridgehead atoms. The number of halogens is 1. The van der Waals surface area contributed by atoms with Gasteiger partial charge in [-0.25, -0.2) is 4.39 Å². The zero-order valence-corrected chi connectivity index (χ0v) is 19.4. The van der Waals surface area contributed by atoms with Gasteiger partial charge in [-0.1, -0.05) is 45.0 Å². The molecule has 0 atom stereocenters. The third-order valence-corrected chi connectivity index (χ3v) is 5.20. The zero-order valence-electron chi connectivity index (χ0n) is 19.4. The highest BCUT2D eigenvalue weighted by molar-refractivity contribution is 6.04. The summed E-state index contributed by atoms with van der Waals surface area (Å²) >= 11 is 0. The number of carbonyl (C=O) groups is 3. The molecule has 0 aliphatic carbocycles.